The standard InChI is InChI=1S/C11H18N2/c1-4-9-6-11(8(3)12)13-7-10(9)5-2/h6-8H,4-5,12H2,1-3H3. The zero-order valence-electron chi connectivity index (χ0n) is 8.67. The van der Waals surface area contributed by atoms with Crippen LogP contribution in [0, 0.1) is 0 Å². The second-order valence-electron chi connectivity index (χ2n) is 3.37. The average molecular weight is 178 g/mol. The highest BCUT2D eigenvalue weighted by molar-refractivity contribution is 5.27. The summed E-state index contributed by atoms with van der Waals surface area (Å²) in [5.74, 6) is 0. The lowest BCUT2D eigenvalue weighted by Crippen LogP contribution is -2.08. The van der Waals surface area contributed by atoms with Crippen molar-refractivity contribution < 1.29 is 0 Å². The number of aryl methyl sites for hydroxylation is 2. The van der Waals surface area contributed by atoms with E-state index in [1.54, 1.807) is 0 Å². The molecule has 2 N–H and O–H groups in total. The van der Waals surface area contributed by atoms with Crippen LogP contribution >= 0.6 is 0 Å². The minimum atomic E-state index is 0.0382. The van der Waals surface area contributed by atoms with Crippen molar-refractivity contribution in [2.24, 2.45) is 5.73 Å². The third-order valence-electron chi connectivity index (χ3n) is 2.33. The minimum Gasteiger partial charge on any atom is -0.323 e. The van der Waals surface area contributed by atoms with Gasteiger partial charge in [0.25, 0.3) is 0 Å². The van der Waals surface area contributed by atoms with Gasteiger partial charge in [0, 0.05) is 12.2 Å². The molecule has 0 bridgehead atoms. The van der Waals surface area contributed by atoms with Gasteiger partial charge in [-0.1, -0.05) is 13.8 Å². The van der Waals surface area contributed by atoms with Gasteiger partial charge in [0.05, 0.1) is 5.69 Å². The Labute approximate surface area is 80.2 Å². The first-order valence-electron chi connectivity index (χ1n) is 4.92. The second kappa shape index (κ2) is 4.38. The molecule has 0 aliphatic carbocycles. The molecule has 1 heterocycles. The van der Waals surface area contributed by atoms with Crippen LogP contribution in [-0.2, 0) is 12.8 Å². The Kier molecular flexibility index (Phi) is 3.43. The molecule has 1 atom stereocenters. The van der Waals surface area contributed by atoms with Crippen LogP contribution < -0.4 is 5.73 Å². The lowest BCUT2D eigenvalue weighted by Gasteiger charge is -2.09. The number of hydrogen-bond acceptors (Lipinski definition) is 2. The third-order valence-corrected chi connectivity index (χ3v) is 2.33. The first-order chi connectivity index (χ1) is 6.19. The molecule has 1 rings (SSSR count). The van der Waals surface area contributed by atoms with Crippen molar-refractivity contribution in [3.05, 3.63) is 29.1 Å². The zero-order chi connectivity index (χ0) is 9.84. The van der Waals surface area contributed by atoms with E-state index in [1.807, 2.05) is 13.1 Å². The number of nitrogens with two attached hydrogens (primary N) is 1. The van der Waals surface area contributed by atoms with Gasteiger partial charge in [0.15, 0.2) is 0 Å². The molecule has 72 valence electrons. The highest BCUT2D eigenvalue weighted by Gasteiger charge is 2.04. The summed E-state index contributed by atoms with van der Waals surface area (Å²) in [4.78, 5) is 4.33. The second-order valence-corrected chi connectivity index (χ2v) is 3.37. The number of nitrogens with zero attached hydrogens (tertiary/aromatic N) is 1. The SMILES string of the molecule is CCc1cnc(C(C)N)cc1CC. The van der Waals surface area contributed by atoms with Crippen molar-refractivity contribution in [1.82, 2.24) is 4.98 Å². The van der Waals surface area contributed by atoms with Gasteiger partial charge in [-0.15, -0.1) is 0 Å². The van der Waals surface area contributed by atoms with Crippen molar-refractivity contribution in [1.29, 1.82) is 0 Å². The van der Waals surface area contributed by atoms with Crippen LogP contribution in [0.2, 0.25) is 0 Å². The Morgan fingerprint density at radius 2 is 1.92 bits per heavy atom. The molecule has 0 saturated carbocycles. The fourth-order valence-electron chi connectivity index (χ4n) is 1.44. The zero-order valence-corrected chi connectivity index (χ0v) is 8.67. The van der Waals surface area contributed by atoms with Gasteiger partial charge in [-0.05, 0) is 37.0 Å². The Bertz CT molecular complexity index is 279. The van der Waals surface area contributed by atoms with Crippen LogP contribution in [0.4, 0.5) is 0 Å². The summed E-state index contributed by atoms with van der Waals surface area (Å²) < 4.78 is 0. The first-order valence-corrected chi connectivity index (χ1v) is 4.92. The number of rotatable bonds is 3. The largest absolute Gasteiger partial charge is 0.323 e. The summed E-state index contributed by atoms with van der Waals surface area (Å²) in [5, 5.41) is 0. The molecule has 0 aliphatic rings. The molecule has 0 radical (unpaired) electrons. The minimum absolute atomic E-state index is 0.0382. The lowest BCUT2D eigenvalue weighted by atomic mass is 10.0. The fraction of sp³-hybridized carbons (Fsp3) is 0.545. The molecule has 0 fully saturated rings. The maximum atomic E-state index is 5.77. The molecular weight excluding hydrogens is 160 g/mol. The predicted octanol–water partition coefficient (Wildman–Crippen LogP) is 2.23. The third kappa shape index (κ3) is 2.28. The van der Waals surface area contributed by atoms with Gasteiger partial charge >= 0.3 is 0 Å². The summed E-state index contributed by atoms with van der Waals surface area (Å²) in [5.41, 5.74) is 9.48. The lowest BCUT2D eigenvalue weighted by molar-refractivity contribution is 0.773. The van der Waals surface area contributed by atoms with E-state index in [0.717, 1.165) is 18.5 Å². The molecule has 0 amide bonds. The summed E-state index contributed by atoms with van der Waals surface area (Å²) in [7, 11) is 0. The van der Waals surface area contributed by atoms with Crippen molar-refractivity contribution in [2.75, 3.05) is 0 Å². The summed E-state index contributed by atoms with van der Waals surface area (Å²) >= 11 is 0. The monoisotopic (exact) mass is 178 g/mol. The summed E-state index contributed by atoms with van der Waals surface area (Å²) in [6.45, 7) is 6.29. The molecule has 2 nitrogen and oxygen atoms in total. The molecule has 13 heavy (non-hydrogen) atoms. The Morgan fingerprint density at radius 1 is 1.31 bits per heavy atom. The summed E-state index contributed by atoms with van der Waals surface area (Å²) in [6, 6.07) is 2.17. The van der Waals surface area contributed by atoms with Crippen molar-refractivity contribution in [3.63, 3.8) is 0 Å². The van der Waals surface area contributed by atoms with Crippen LogP contribution in [0.25, 0.3) is 0 Å². The number of pyridine rings is 1. The molecule has 0 aliphatic heterocycles. The molecule has 0 aromatic carbocycles. The van der Waals surface area contributed by atoms with E-state index in [0.29, 0.717) is 0 Å². The molecule has 1 aromatic heterocycles. The van der Waals surface area contributed by atoms with E-state index in [-0.39, 0.29) is 6.04 Å². The van der Waals surface area contributed by atoms with E-state index in [2.05, 4.69) is 24.9 Å². The van der Waals surface area contributed by atoms with E-state index >= 15 is 0 Å². The topological polar surface area (TPSA) is 38.9 Å². The highest BCUT2D eigenvalue weighted by Crippen LogP contribution is 2.14. The van der Waals surface area contributed by atoms with Gasteiger partial charge in [-0.25, -0.2) is 0 Å². The van der Waals surface area contributed by atoms with Gasteiger partial charge < -0.3 is 5.73 Å². The van der Waals surface area contributed by atoms with Crippen molar-refractivity contribution in [3.8, 4) is 0 Å². The maximum absolute atomic E-state index is 5.77. The maximum Gasteiger partial charge on any atom is 0.0571 e. The van der Waals surface area contributed by atoms with E-state index < -0.39 is 0 Å². The van der Waals surface area contributed by atoms with Gasteiger partial charge in [-0.3, -0.25) is 4.98 Å². The average Bonchev–Trinajstić information content (AvgIpc) is 2.16. The highest BCUT2D eigenvalue weighted by atomic mass is 14.8. The van der Waals surface area contributed by atoms with Gasteiger partial charge in [0.1, 0.15) is 0 Å². The summed E-state index contributed by atoms with van der Waals surface area (Å²) in [6.07, 6.45) is 4.07. The predicted molar refractivity (Wildman–Crippen MR) is 55.6 cm³/mol. The normalized spacial score (nSPS) is 12.9. The molecule has 2 heteroatoms. The first kappa shape index (κ1) is 10.2. The molecule has 0 spiro atoms. The number of hydrogen-bond donors (Lipinski definition) is 1. The molecular formula is C11H18N2. The molecule has 1 unspecified atom stereocenters. The Balaban J connectivity index is 3.05. The van der Waals surface area contributed by atoms with Crippen LogP contribution in [0.15, 0.2) is 12.3 Å². The van der Waals surface area contributed by atoms with E-state index in [4.69, 9.17) is 5.73 Å². The van der Waals surface area contributed by atoms with Gasteiger partial charge in [0.2, 0.25) is 0 Å². The van der Waals surface area contributed by atoms with Crippen molar-refractivity contribution >= 4 is 0 Å². The fourth-order valence-corrected chi connectivity index (χ4v) is 1.44. The Hall–Kier alpha value is -0.890. The Morgan fingerprint density at radius 3 is 2.38 bits per heavy atom. The van der Waals surface area contributed by atoms with Crippen LogP contribution in [0.3, 0.4) is 0 Å². The van der Waals surface area contributed by atoms with E-state index in [9.17, 15) is 0 Å². The quantitative estimate of drug-likeness (QED) is 0.770. The van der Waals surface area contributed by atoms with E-state index in [1.165, 1.54) is 11.1 Å². The van der Waals surface area contributed by atoms with Gasteiger partial charge in [-0.2, -0.15) is 0 Å². The van der Waals surface area contributed by atoms with Crippen LogP contribution in [0.1, 0.15) is 43.6 Å². The van der Waals surface area contributed by atoms with Crippen LogP contribution in [0.5, 0.6) is 0 Å². The smallest absolute Gasteiger partial charge is 0.0571 e. The molecule has 1 aromatic rings. The number of aromatic nitrogens is 1. The van der Waals surface area contributed by atoms with Crippen molar-refractivity contribution in [2.45, 2.75) is 39.7 Å². The van der Waals surface area contributed by atoms with Crippen LogP contribution in [-0.4, -0.2) is 4.98 Å². The molecule has 0 saturated heterocycles.